The van der Waals surface area contributed by atoms with Gasteiger partial charge in [-0.25, -0.2) is 9.59 Å². The number of ether oxygens (including phenoxy) is 2. The van der Waals surface area contributed by atoms with E-state index >= 15 is 0 Å². The molecule has 0 saturated heterocycles. The Morgan fingerprint density at radius 2 is 1.88 bits per heavy atom. The van der Waals surface area contributed by atoms with E-state index in [-0.39, 0.29) is 12.4 Å². The van der Waals surface area contributed by atoms with Crippen molar-refractivity contribution in [1.29, 1.82) is 0 Å². The fourth-order valence-corrected chi connectivity index (χ4v) is 3.10. The van der Waals surface area contributed by atoms with Crippen molar-refractivity contribution in [2.75, 3.05) is 7.11 Å². The van der Waals surface area contributed by atoms with Crippen LogP contribution in [-0.2, 0) is 11.3 Å². The Kier molecular flexibility index (Phi) is 4.67. The second kappa shape index (κ2) is 6.90. The van der Waals surface area contributed by atoms with Gasteiger partial charge in [-0.1, -0.05) is 0 Å². The molecule has 1 aromatic carbocycles. The molecule has 0 aliphatic carbocycles. The summed E-state index contributed by atoms with van der Waals surface area (Å²) in [5.41, 5.74) is 0.347. The number of thiophene rings is 1. The van der Waals surface area contributed by atoms with Crippen molar-refractivity contribution in [3.63, 3.8) is 0 Å². The first kappa shape index (κ1) is 16.9. The van der Waals surface area contributed by atoms with Gasteiger partial charge in [0.2, 0.25) is 0 Å². The number of hydrogen-bond donors (Lipinski definition) is 0. The maximum Gasteiger partial charge on any atom is 0.348 e. The highest BCUT2D eigenvalue weighted by atomic mass is 32.1. The molecule has 0 unspecified atom stereocenters. The summed E-state index contributed by atoms with van der Waals surface area (Å²) >= 11 is 1.08. The van der Waals surface area contributed by atoms with Gasteiger partial charge in [0.25, 0.3) is 0 Å². The van der Waals surface area contributed by atoms with E-state index in [9.17, 15) is 14.4 Å². The second-order valence-corrected chi connectivity index (χ2v) is 6.33. The number of carbonyl (C=O) groups excluding carboxylic acids is 2. The Hall–Kier alpha value is -2.93. The van der Waals surface area contributed by atoms with Gasteiger partial charge in [0, 0.05) is 23.1 Å². The first-order valence-corrected chi connectivity index (χ1v) is 8.18. The van der Waals surface area contributed by atoms with Crippen molar-refractivity contribution >= 4 is 34.1 Å². The molecule has 0 radical (unpaired) electrons. The summed E-state index contributed by atoms with van der Waals surface area (Å²) in [7, 11) is 1.52. The number of ketones is 1. The number of fused-ring (bicyclic) bond motifs is 1. The lowest BCUT2D eigenvalue weighted by molar-refractivity contribution is 0.0479. The molecule has 2 heterocycles. The van der Waals surface area contributed by atoms with Crippen molar-refractivity contribution in [2.24, 2.45) is 0 Å². The van der Waals surface area contributed by atoms with Crippen molar-refractivity contribution in [1.82, 2.24) is 0 Å². The molecule has 7 heteroatoms. The highest BCUT2D eigenvalue weighted by molar-refractivity contribution is 7.15. The molecule has 0 fully saturated rings. The summed E-state index contributed by atoms with van der Waals surface area (Å²) in [6, 6.07) is 9.48. The molecule has 25 heavy (non-hydrogen) atoms. The van der Waals surface area contributed by atoms with Crippen LogP contribution in [0.25, 0.3) is 11.0 Å². The van der Waals surface area contributed by atoms with E-state index in [1.807, 2.05) is 0 Å². The van der Waals surface area contributed by atoms with Crippen LogP contribution in [0.15, 0.2) is 45.6 Å². The summed E-state index contributed by atoms with van der Waals surface area (Å²) in [4.78, 5) is 36.0. The molecule has 2 aromatic heterocycles. The zero-order chi connectivity index (χ0) is 18.0. The number of esters is 1. The molecule has 0 aliphatic heterocycles. The van der Waals surface area contributed by atoms with Gasteiger partial charge in [0.05, 0.1) is 12.0 Å². The van der Waals surface area contributed by atoms with E-state index in [1.165, 1.54) is 20.1 Å². The van der Waals surface area contributed by atoms with Gasteiger partial charge >= 0.3 is 11.6 Å². The highest BCUT2D eigenvalue weighted by Gasteiger charge is 2.14. The van der Waals surface area contributed by atoms with Crippen LogP contribution in [0.3, 0.4) is 0 Å². The molecule has 3 rings (SSSR count). The molecule has 0 aliphatic rings. The van der Waals surface area contributed by atoms with Crippen molar-refractivity contribution in [3.05, 3.63) is 62.1 Å². The SMILES string of the molecule is COc1ccc2c(COC(=O)c3ccc(C(C)=O)s3)cc(=O)oc2c1. The lowest BCUT2D eigenvalue weighted by Gasteiger charge is -2.07. The molecule has 6 nitrogen and oxygen atoms in total. The van der Waals surface area contributed by atoms with Gasteiger partial charge in [-0.3, -0.25) is 4.79 Å². The average Bonchev–Trinajstić information content (AvgIpc) is 3.09. The van der Waals surface area contributed by atoms with Crippen LogP contribution in [0, 0.1) is 0 Å². The van der Waals surface area contributed by atoms with Crippen LogP contribution >= 0.6 is 11.3 Å². The summed E-state index contributed by atoms with van der Waals surface area (Å²) in [5.74, 6) is -0.0998. The number of hydrogen-bond acceptors (Lipinski definition) is 7. The standard InChI is InChI=1S/C18H14O6S/c1-10(19)15-5-6-16(25-15)18(21)23-9-11-7-17(20)24-14-8-12(22-2)3-4-13(11)14/h3-8H,9H2,1-2H3. The Balaban J connectivity index is 1.83. The van der Waals surface area contributed by atoms with E-state index < -0.39 is 11.6 Å². The fourth-order valence-electron chi connectivity index (χ4n) is 2.31. The van der Waals surface area contributed by atoms with Gasteiger partial charge in [-0.2, -0.15) is 0 Å². The number of benzene rings is 1. The maximum absolute atomic E-state index is 12.1. The predicted octanol–water partition coefficient (Wildman–Crippen LogP) is 3.42. The molecule has 0 spiro atoms. The molecule has 0 amide bonds. The Bertz CT molecular complexity index is 1010. The summed E-state index contributed by atoms with van der Waals surface area (Å²) in [6.07, 6.45) is 0. The number of Topliss-reactive ketones (excluding diaryl/α,β-unsaturated/α-hetero) is 1. The summed E-state index contributed by atoms with van der Waals surface area (Å²) in [5, 5.41) is 0.656. The van der Waals surface area contributed by atoms with Crippen LogP contribution in [0.5, 0.6) is 5.75 Å². The minimum Gasteiger partial charge on any atom is -0.497 e. The molecule has 128 valence electrons. The third kappa shape index (κ3) is 3.61. The maximum atomic E-state index is 12.1. The van der Waals surface area contributed by atoms with E-state index in [2.05, 4.69) is 0 Å². The Morgan fingerprint density at radius 3 is 2.56 bits per heavy atom. The zero-order valence-electron chi connectivity index (χ0n) is 13.5. The van der Waals surface area contributed by atoms with Crippen LogP contribution in [-0.4, -0.2) is 18.9 Å². The zero-order valence-corrected chi connectivity index (χ0v) is 14.3. The van der Waals surface area contributed by atoms with Crippen LogP contribution in [0.4, 0.5) is 0 Å². The van der Waals surface area contributed by atoms with Crippen molar-refractivity contribution in [2.45, 2.75) is 13.5 Å². The van der Waals surface area contributed by atoms with Crippen molar-refractivity contribution in [3.8, 4) is 5.75 Å². The number of rotatable bonds is 5. The van der Waals surface area contributed by atoms with E-state index in [4.69, 9.17) is 13.9 Å². The van der Waals surface area contributed by atoms with Crippen LogP contribution in [0.2, 0.25) is 0 Å². The van der Waals surface area contributed by atoms with Gasteiger partial charge < -0.3 is 13.9 Å². The molecular formula is C18H14O6S. The monoisotopic (exact) mass is 358 g/mol. The van der Waals surface area contributed by atoms with Gasteiger partial charge in [-0.05, 0) is 31.2 Å². The molecule has 0 atom stereocenters. The Morgan fingerprint density at radius 1 is 1.12 bits per heavy atom. The first-order chi connectivity index (χ1) is 12.0. The van der Waals surface area contributed by atoms with Crippen LogP contribution < -0.4 is 10.4 Å². The smallest absolute Gasteiger partial charge is 0.348 e. The molecular weight excluding hydrogens is 344 g/mol. The largest absolute Gasteiger partial charge is 0.497 e. The van der Waals surface area contributed by atoms with Gasteiger partial charge in [-0.15, -0.1) is 11.3 Å². The number of methoxy groups -OCH3 is 1. The molecule has 0 bridgehead atoms. The van der Waals surface area contributed by atoms with Gasteiger partial charge in [0.1, 0.15) is 22.8 Å². The third-order valence-electron chi connectivity index (χ3n) is 3.55. The fraction of sp³-hybridized carbons (Fsp3) is 0.167. The molecule has 0 N–H and O–H groups in total. The topological polar surface area (TPSA) is 82.8 Å². The third-order valence-corrected chi connectivity index (χ3v) is 4.72. The summed E-state index contributed by atoms with van der Waals surface area (Å²) in [6.45, 7) is 1.35. The normalized spacial score (nSPS) is 10.6. The average molecular weight is 358 g/mol. The quantitative estimate of drug-likeness (QED) is 0.395. The predicted molar refractivity (Wildman–Crippen MR) is 92.5 cm³/mol. The van der Waals surface area contributed by atoms with E-state index in [1.54, 1.807) is 30.3 Å². The minimum atomic E-state index is -0.549. The first-order valence-electron chi connectivity index (χ1n) is 7.36. The number of carbonyl (C=O) groups is 2. The minimum absolute atomic E-state index is 0.0828. The Labute approximate surface area is 146 Å². The van der Waals surface area contributed by atoms with Crippen LogP contribution in [0.1, 0.15) is 31.8 Å². The highest BCUT2D eigenvalue weighted by Crippen LogP contribution is 2.24. The lowest BCUT2D eigenvalue weighted by atomic mass is 10.1. The lowest BCUT2D eigenvalue weighted by Crippen LogP contribution is -2.07. The molecule has 0 saturated carbocycles. The molecule has 3 aromatic rings. The summed E-state index contributed by atoms with van der Waals surface area (Å²) < 4.78 is 15.5. The van der Waals surface area contributed by atoms with Crippen molar-refractivity contribution < 1.29 is 23.5 Å². The van der Waals surface area contributed by atoms with E-state index in [0.717, 1.165) is 11.3 Å². The van der Waals surface area contributed by atoms with E-state index in [0.29, 0.717) is 32.0 Å². The second-order valence-electron chi connectivity index (χ2n) is 5.25. The van der Waals surface area contributed by atoms with Gasteiger partial charge in [0.15, 0.2) is 5.78 Å².